The summed E-state index contributed by atoms with van der Waals surface area (Å²) in [7, 11) is 1.59. The van der Waals surface area contributed by atoms with Crippen LogP contribution in [0.15, 0.2) is 24.3 Å². The summed E-state index contributed by atoms with van der Waals surface area (Å²) in [6, 6.07) is 6.98. The third-order valence-corrected chi connectivity index (χ3v) is 6.41. The van der Waals surface area contributed by atoms with Gasteiger partial charge in [-0.25, -0.2) is 4.79 Å². The summed E-state index contributed by atoms with van der Waals surface area (Å²) in [6.45, 7) is -0.308. The maximum Gasteiger partial charge on any atom is 0.344 e. The zero-order valence-corrected chi connectivity index (χ0v) is 15.2. The van der Waals surface area contributed by atoms with Crippen molar-refractivity contribution in [3.8, 4) is 11.5 Å². The average molecular weight is 358 g/mol. The summed E-state index contributed by atoms with van der Waals surface area (Å²) >= 11 is 0. The van der Waals surface area contributed by atoms with Gasteiger partial charge in [-0.1, -0.05) is 0 Å². The van der Waals surface area contributed by atoms with Crippen LogP contribution in [0.3, 0.4) is 0 Å². The van der Waals surface area contributed by atoms with Crippen molar-refractivity contribution < 1.29 is 23.8 Å². The lowest BCUT2D eigenvalue weighted by molar-refractivity contribution is -0.158. The van der Waals surface area contributed by atoms with Crippen LogP contribution < -0.4 is 9.47 Å². The Balaban J connectivity index is 1.26. The highest BCUT2D eigenvalue weighted by Gasteiger charge is 2.54. The lowest BCUT2D eigenvalue weighted by Gasteiger charge is -2.55. The molecule has 4 aliphatic rings. The molecule has 0 heterocycles. The number of rotatable bonds is 7. The quantitative estimate of drug-likeness (QED) is 0.699. The van der Waals surface area contributed by atoms with Crippen LogP contribution in [-0.2, 0) is 14.3 Å². The summed E-state index contributed by atoms with van der Waals surface area (Å²) in [5, 5.41) is 0. The molecule has 0 aromatic heterocycles. The number of Topliss-reactive ketones (excluding diaryl/α,β-unsaturated/α-hetero) is 1. The molecular weight excluding hydrogens is 332 g/mol. The minimum absolute atomic E-state index is 0.114. The first-order valence-electron chi connectivity index (χ1n) is 9.52. The molecule has 0 unspecified atom stereocenters. The summed E-state index contributed by atoms with van der Waals surface area (Å²) in [4.78, 5) is 24.8. The van der Waals surface area contributed by atoms with Crippen LogP contribution in [0.2, 0.25) is 0 Å². The maximum absolute atomic E-state index is 12.8. The third-order valence-electron chi connectivity index (χ3n) is 6.41. The van der Waals surface area contributed by atoms with Crippen molar-refractivity contribution in [3.05, 3.63) is 24.3 Å². The highest BCUT2D eigenvalue weighted by atomic mass is 16.6. The Morgan fingerprint density at radius 3 is 2.00 bits per heavy atom. The molecule has 4 fully saturated rings. The summed E-state index contributed by atoms with van der Waals surface area (Å²) < 4.78 is 15.7. The lowest BCUT2D eigenvalue weighted by atomic mass is 9.48. The molecule has 140 valence electrons. The monoisotopic (exact) mass is 358 g/mol. The van der Waals surface area contributed by atoms with Crippen molar-refractivity contribution in [2.45, 2.75) is 38.5 Å². The number of ether oxygens (including phenoxy) is 3. The second kappa shape index (κ2) is 6.93. The third kappa shape index (κ3) is 3.44. The second-order valence-corrected chi connectivity index (χ2v) is 8.25. The number of benzene rings is 1. The highest BCUT2D eigenvalue weighted by molar-refractivity contribution is 5.88. The summed E-state index contributed by atoms with van der Waals surface area (Å²) in [5.41, 5.74) is -0.216. The molecule has 0 amide bonds. The van der Waals surface area contributed by atoms with Crippen LogP contribution in [0.1, 0.15) is 38.5 Å². The molecule has 0 saturated heterocycles. The second-order valence-electron chi connectivity index (χ2n) is 8.25. The molecule has 0 spiro atoms. The van der Waals surface area contributed by atoms with Gasteiger partial charge in [-0.3, -0.25) is 4.79 Å². The first kappa shape index (κ1) is 17.4. The lowest BCUT2D eigenvalue weighted by Crippen LogP contribution is -2.51. The van der Waals surface area contributed by atoms with E-state index in [0.29, 0.717) is 23.5 Å². The number of hydrogen-bond acceptors (Lipinski definition) is 5. The van der Waals surface area contributed by atoms with Gasteiger partial charge < -0.3 is 14.2 Å². The SMILES string of the molecule is COc1ccc(OCC(=O)OCC(=O)C23CC4CC(CC(C4)C2)C3)cc1. The van der Waals surface area contributed by atoms with E-state index in [1.54, 1.807) is 31.4 Å². The zero-order valence-electron chi connectivity index (χ0n) is 15.2. The molecule has 1 aromatic carbocycles. The van der Waals surface area contributed by atoms with Gasteiger partial charge in [0.2, 0.25) is 0 Å². The summed E-state index contributed by atoms with van der Waals surface area (Å²) in [5.74, 6) is 3.03. The Morgan fingerprint density at radius 2 is 1.46 bits per heavy atom. The average Bonchev–Trinajstić information content (AvgIpc) is 2.63. The van der Waals surface area contributed by atoms with Crippen LogP contribution in [-0.4, -0.2) is 32.1 Å². The van der Waals surface area contributed by atoms with E-state index >= 15 is 0 Å². The van der Waals surface area contributed by atoms with Crippen molar-refractivity contribution in [2.75, 3.05) is 20.3 Å². The molecule has 5 rings (SSSR count). The topological polar surface area (TPSA) is 61.8 Å². The van der Waals surface area contributed by atoms with E-state index in [4.69, 9.17) is 14.2 Å². The first-order chi connectivity index (χ1) is 12.6. The van der Waals surface area contributed by atoms with Gasteiger partial charge in [0.15, 0.2) is 19.0 Å². The molecule has 0 N–H and O–H groups in total. The van der Waals surface area contributed by atoms with Gasteiger partial charge in [0.25, 0.3) is 0 Å². The van der Waals surface area contributed by atoms with Crippen molar-refractivity contribution in [1.29, 1.82) is 0 Å². The highest BCUT2D eigenvalue weighted by Crippen LogP contribution is 2.60. The Kier molecular flexibility index (Phi) is 4.63. The number of esters is 1. The number of ketones is 1. The molecule has 0 radical (unpaired) electrons. The number of carbonyl (C=O) groups is 2. The van der Waals surface area contributed by atoms with Gasteiger partial charge in [0, 0.05) is 5.41 Å². The van der Waals surface area contributed by atoms with Crippen LogP contribution in [0.25, 0.3) is 0 Å². The van der Waals surface area contributed by atoms with Gasteiger partial charge in [-0.15, -0.1) is 0 Å². The largest absolute Gasteiger partial charge is 0.497 e. The predicted octanol–water partition coefficient (Wildman–Crippen LogP) is 3.40. The van der Waals surface area contributed by atoms with E-state index in [9.17, 15) is 9.59 Å². The van der Waals surface area contributed by atoms with E-state index in [-0.39, 0.29) is 24.4 Å². The van der Waals surface area contributed by atoms with Gasteiger partial charge in [-0.2, -0.15) is 0 Å². The predicted molar refractivity (Wildman–Crippen MR) is 95.1 cm³/mol. The molecule has 26 heavy (non-hydrogen) atoms. The van der Waals surface area contributed by atoms with Gasteiger partial charge in [0.05, 0.1) is 7.11 Å². The smallest absolute Gasteiger partial charge is 0.344 e. The zero-order chi connectivity index (χ0) is 18.1. The molecule has 4 saturated carbocycles. The van der Waals surface area contributed by atoms with E-state index < -0.39 is 5.97 Å². The summed E-state index contributed by atoms with van der Waals surface area (Å²) in [6.07, 6.45) is 6.87. The Morgan fingerprint density at radius 1 is 0.923 bits per heavy atom. The Bertz CT molecular complexity index is 643. The fourth-order valence-corrected chi connectivity index (χ4v) is 5.61. The normalized spacial score (nSPS) is 31.5. The van der Waals surface area contributed by atoms with Gasteiger partial charge in [-0.05, 0) is 80.5 Å². The Labute approximate surface area is 154 Å². The Hall–Kier alpha value is -2.04. The standard InChI is InChI=1S/C21H26O5/c1-24-17-2-4-18(5-3-17)25-13-20(23)26-12-19(22)21-9-14-6-15(10-21)8-16(7-14)11-21/h2-5,14-16H,6-13H2,1H3. The van der Waals surface area contributed by atoms with Crippen molar-refractivity contribution in [3.63, 3.8) is 0 Å². The molecule has 4 aliphatic carbocycles. The molecule has 5 heteroatoms. The van der Waals surface area contributed by atoms with Crippen molar-refractivity contribution >= 4 is 11.8 Å². The molecule has 4 bridgehead atoms. The minimum atomic E-state index is -0.501. The first-order valence-corrected chi connectivity index (χ1v) is 9.52. The molecule has 5 nitrogen and oxygen atoms in total. The van der Waals surface area contributed by atoms with Crippen LogP contribution in [0.5, 0.6) is 11.5 Å². The van der Waals surface area contributed by atoms with E-state index in [1.165, 1.54) is 19.3 Å². The van der Waals surface area contributed by atoms with Gasteiger partial charge in [0.1, 0.15) is 11.5 Å². The van der Waals surface area contributed by atoms with Crippen molar-refractivity contribution in [2.24, 2.45) is 23.2 Å². The van der Waals surface area contributed by atoms with Crippen LogP contribution >= 0.6 is 0 Å². The van der Waals surface area contributed by atoms with E-state index in [0.717, 1.165) is 25.0 Å². The maximum atomic E-state index is 12.8. The van der Waals surface area contributed by atoms with E-state index in [2.05, 4.69) is 0 Å². The molecule has 0 atom stereocenters. The van der Waals surface area contributed by atoms with Gasteiger partial charge >= 0.3 is 5.97 Å². The fraction of sp³-hybridized carbons (Fsp3) is 0.619. The number of carbonyl (C=O) groups excluding carboxylic acids is 2. The molecule has 0 aliphatic heterocycles. The van der Waals surface area contributed by atoms with Crippen LogP contribution in [0.4, 0.5) is 0 Å². The molecular formula is C21H26O5. The van der Waals surface area contributed by atoms with Crippen LogP contribution in [0, 0.1) is 23.2 Å². The number of hydrogen-bond donors (Lipinski definition) is 0. The fourth-order valence-electron chi connectivity index (χ4n) is 5.61. The van der Waals surface area contributed by atoms with E-state index in [1.807, 2.05) is 0 Å². The minimum Gasteiger partial charge on any atom is -0.497 e. The van der Waals surface area contributed by atoms with Crippen molar-refractivity contribution in [1.82, 2.24) is 0 Å². The number of methoxy groups -OCH3 is 1. The molecule has 1 aromatic rings.